The lowest BCUT2D eigenvalue weighted by Crippen LogP contribution is -2.10. The van der Waals surface area contributed by atoms with E-state index in [4.69, 9.17) is 0 Å². The fourth-order valence-corrected chi connectivity index (χ4v) is 1.27. The van der Waals surface area contributed by atoms with Crippen LogP contribution in [-0.2, 0) is 0 Å². The maximum Gasteiger partial charge on any atom is 0.263 e. The fourth-order valence-electron chi connectivity index (χ4n) is 1.27. The van der Waals surface area contributed by atoms with Crippen molar-refractivity contribution in [2.24, 2.45) is 10.9 Å². The van der Waals surface area contributed by atoms with E-state index in [1.54, 1.807) is 12.3 Å². The summed E-state index contributed by atoms with van der Waals surface area (Å²) in [4.78, 5) is 3.97. The number of rotatable bonds is 1. The van der Waals surface area contributed by atoms with Crippen molar-refractivity contribution in [3.8, 4) is 0 Å². The van der Waals surface area contributed by atoms with Crippen LogP contribution in [0.1, 0.15) is 0 Å². The lowest BCUT2D eigenvalue weighted by molar-refractivity contribution is 0.194. The van der Waals surface area contributed by atoms with Crippen LogP contribution in [0.4, 0.5) is 8.78 Å². The molecule has 1 nitrogen and oxygen atoms in total. The van der Waals surface area contributed by atoms with Gasteiger partial charge >= 0.3 is 0 Å². The molecule has 1 heterocycles. The van der Waals surface area contributed by atoms with Crippen molar-refractivity contribution in [1.29, 1.82) is 0 Å². The maximum atomic E-state index is 12.2. The summed E-state index contributed by atoms with van der Waals surface area (Å²) < 4.78 is 24.4. The Balaban J connectivity index is 2.28. The first-order valence-electron chi connectivity index (χ1n) is 3.69. The summed E-state index contributed by atoms with van der Waals surface area (Å²) in [6.45, 7) is 0. The first-order chi connectivity index (χ1) is 5.77. The number of nitrogens with zero attached hydrogens (tertiary/aromatic N) is 1. The molecule has 0 aromatic heterocycles. The molecule has 1 aliphatic carbocycles. The second kappa shape index (κ2) is 2.66. The monoisotopic (exact) mass is 167 g/mol. The van der Waals surface area contributed by atoms with Gasteiger partial charge in [0, 0.05) is 17.7 Å². The van der Waals surface area contributed by atoms with Gasteiger partial charge in [-0.2, -0.15) is 0 Å². The highest BCUT2D eigenvalue weighted by Crippen LogP contribution is 2.23. The normalized spacial score (nSPS) is 25.8. The van der Waals surface area contributed by atoms with Gasteiger partial charge in [-0.3, -0.25) is 4.99 Å². The Labute approximate surface area is 68.8 Å². The predicted octanol–water partition coefficient (Wildman–Crippen LogP) is 2.33. The Bertz CT molecular complexity index is 310. The highest BCUT2D eigenvalue weighted by Gasteiger charge is 2.19. The zero-order valence-electron chi connectivity index (χ0n) is 6.24. The topological polar surface area (TPSA) is 12.4 Å². The van der Waals surface area contributed by atoms with Crippen LogP contribution in [0.2, 0.25) is 0 Å². The standard InChI is InChI=1S/C9H7F2N/c10-9(11)7-2-1-6-3-4-12-8(6)5-7/h1-6,9H/t6-/m0/s1. The zero-order chi connectivity index (χ0) is 8.55. The molecule has 3 heteroatoms. The van der Waals surface area contributed by atoms with Gasteiger partial charge < -0.3 is 0 Å². The average molecular weight is 167 g/mol. The molecular weight excluding hydrogens is 160 g/mol. The van der Waals surface area contributed by atoms with Gasteiger partial charge in [0.05, 0.1) is 5.71 Å². The molecule has 0 radical (unpaired) electrons. The number of allylic oxidation sites excluding steroid dienone is 5. The fraction of sp³-hybridized carbons (Fsp3) is 0.222. The van der Waals surface area contributed by atoms with Crippen LogP contribution in [0.15, 0.2) is 41.1 Å². The molecule has 0 aromatic carbocycles. The lowest BCUT2D eigenvalue weighted by Gasteiger charge is -2.10. The molecule has 0 bridgehead atoms. The molecule has 0 spiro atoms. The van der Waals surface area contributed by atoms with Crippen molar-refractivity contribution in [3.63, 3.8) is 0 Å². The Morgan fingerprint density at radius 1 is 1.33 bits per heavy atom. The van der Waals surface area contributed by atoms with Gasteiger partial charge in [-0.25, -0.2) is 8.78 Å². The Morgan fingerprint density at radius 3 is 2.92 bits per heavy atom. The van der Waals surface area contributed by atoms with Crippen molar-refractivity contribution in [1.82, 2.24) is 0 Å². The third kappa shape index (κ3) is 1.11. The second-order valence-corrected chi connectivity index (χ2v) is 2.73. The molecule has 0 amide bonds. The molecule has 1 atom stereocenters. The van der Waals surface area contributed by atoms with Gasteiger partial charge in [-0.05, 0) is 6.08 Å². The zero-order valence-corrected chi connectivity index (χ0v) is 6.24. The van der Waals surface area contributed by atoms with Crippen LogP contribution in [0.3, 0.4) is 0 Å². The highest BCUT2D eigenvalue weighted by atomic mass is 19.3. The summed E-state index contributed by atoms with van der Waals surface area (Å²) in [5.74, 6) is 0.118. The molecule has 2 aliphatic rings. The van der Waals surface area contributed by atoms with Gasteiger partial charge in [0.1, 0.15) is 0 Å². The van der Waals surface area contributed by atoms with Crippen molar-refractivity contribution in [2.45, 2.75) is 6.43 Å². The Kier molecular flexibility index (Phi) is 1.64. The number of alkyl halides is 2. The molecule has 12 heavy (non-hydrogen) atoms. The maximum absolute atomic E-state index is 12.2. The van der Waals surface area contributed by atoms with Gasteiger partial charge in [-0.1, -0.05) is 18.2 Å². The van der Waals surface area contributed by atoms with Crippen molar-refractivity contribution >= 4 is 5.71 Å². The number of hydrogen-bond acceptors (Lipinski definition) is 1. The van der Waals surface area contributed by atoms with E-state index >= 15 is 0 Å². The van der Waals surface area contributed by atoms with E-state index in [1.807, 2.05) is 6.08 Å². The minimum Gasteiger partial charge on any atom is -0.261 e. The third-order valence-electron chi connectivity index (χ3n) is 1.92. The van der Waals surface area contributed by atoms with E-state index in [1.165, 1.54) is 12.2 Å². The average Bonchev–Trinajstić information content (AvgIpc) is 2.49. The first kappa shape index (κ1) is 7.40. The van der Waals surface area contributed by atoms with Crippen LogP contribution < -0.4 is 0 Å². The van der Waals surface area contributed by atoms with Crippen LogP contribution >= 0.6 is 0 Å². The number of halogens is 2. The predicted molar refractivity (Wildman–Crippen MR) is 43.3 cm³/mol. The molecule has 62 valence electrons. The van der Waals surface area contributed by atoms with E-state index in [0.29, 0.717) is 5.71 Å². The van der Waals surface area contributed by atoms with E-state index < -0.39 is 6.43 Å². The van der Waals surface area contributed by atoms with E-state index in [0.717, 1.165) is 0 Å². The van der Waals surface area contributed by atoms with E-state index in [-0.39, 0.29) is 11.5 Å². The van der Waals surface area contributed by atoms with Crippen molar-refractivity contribution in [3.05, 3.63) is 36.1 Å². The van der Waals surface area contributed by atoms with Crippen LogP contribution in [-0.4, -0.2) is 12.1 Å². The van der Waals surface area contributed by atoms with E-state index in [9.17, 15) is 8.78 Å². The molecule has 0 saturated carbocycles. The summed E-state index contributed by atoms with van der Waals surface area (Å²) in [6.07, 6.45) is 5.79. The largest absolute Gasteiger partial charge is 0.263 e. The highest BCUT2D eigenvalue weighted by molar-refractivity contribution is 6.03. The molecule has 0 saturated heterocycles. The molecule has 1 aliphatic heterocycles. The Hall–Kier alpha value is -1.25. The van der Waals surface area contributed by atoms with Gasteiger partial charge in [0.25, 0.3) is 6.43 Å². The summed E-state index contributed by atoms with van der Waals surface area (Å²) in [7, 11) is 0. The molecular formula is C9H7F2N. The molecule has 0 unspecified atom stereocenters. The van der Waals surface area contributed by atoms with E-state index in [2.05, 4.69) is 4.99 Å². The van der Waals surface area contributed by atoms with Crippen LogP contribution in [0, 0.1) is 5.92 Å². The molecule has 0 fully saturated rings. The summed E-state index contributed by atoms with van der Waals surface area (Å²) >= 11 is 0. The number of hydrogen-bond donors (Lipinski definition) is 0. The quantitative estimate of drug-likeness (QED) is 0.568. The van der Waals surface area contributed by atoms with Gasteiger partial charge in [0.2, 0.25) is 0 Å². The smallest absolute Gasteiger partial charge is 0.261 e. The Morgan fingerprint density at radius 2 is 2.17 bits per heavy atom. The molecule has 2 rings (SSSR count). The van der Waals surface area contributed by atoms with Gasteiger partial charge in [-0.15, -0.1) is 0 Å². The van der Waals surface area contributed by atoms with Crippen molar-refractivity contribution < 1.29 is 8.78 Å². The summed E-state index contributed by atoms with van der Waals surface area (Å²) in [5, 5.41) is 0. The van der Waals surface area contributed by atoms with Crippen LogP contribution in [0.25, 0.3) is 0 Å². The second-order valence-electron chi connectivity index (χ2n) is 2.73. The third-order valence-corrected chi connectivity index (χ3v) is 1.92. The molecule has 0 aromatic rings. The summed E-state index contributed by atoms with van der Waals surface area (Å²) in [6, 6.07) is 0. The van der Waals surface area contributed by atoms with Crippen molar-refractivity contribution in [2.75, 3.05) is 0 Å². The van der Waals surface area contributed by atoms with Gasteiger partial charge in [0.15, 0.2) is 0 Å². The minimum absolute atomic E-state index is 0.0497. The lowest BCUT2D eigenvalue weighted by atomic mass is 9.96. The SMILES string of the molecule is FC(F)C1=CC2=NC=C[C@@H]2C=C1. The molecule has 0 N–H and O–H groups in total. The first-order valence-corrected chi connectivity index (χ1v) is 3.69. The summed E-state index contributed by atoms with van der Waals surface area (Å²) in [5.41, 5.74) is 0.765. The number of fused-ring (bicyclic) bond motifs is 1. The number of aliphatic imine (C=N–C) groups is 1. The van der Waals surface area contributed by atoms with Crippen LogP contribution in [0.5, 0.6) is 0 Å². The minimum atomic E-state index is -2.40.